The standard InChI is InChI=1S/C17H17ClN2O2/c1-12-5-4-8-15(19-12)17(21)20-9-10-22-16(11-20)13-6-2-3-7-14(13)18/h2-8,16H,9-11H2,1H3. The minimum atomic E-state index is -0.198. The summed E-state index contributed by atoms with van der Waals surface area (Å²) in [6.07, 6.45) is -0.198. The highest BCUT2D eigenvalue weighted by atomic mass is 35.5. The molecule has 1 fully saturated rings. The number of rotatable bonds is 2. The van der Waals surface area contributed by atoms with E-state index in [0.717, 1.165) is 11.3 Å². The predicted molar refractivity (Wildman–Crippen MR) is 85.0 cm³/mol. The number of morpholine rings is 1. The fraction of sp³-hybridized carbons (Fsp3) is 0.294. The lowest BCUT2D eigenvalue weighted by Gasteiger charge is -2.33. The molecule has 0 spiro atoms. The van der Waals surface area contributed by atoms with Crippen molar-refractivity contribution in [1.82, 2.24) is 9.88 Å². The van der Waals surface area contributed by atoms with Gasteiger partial charge in [-0.05, 0) is 25.1 Å². The number of ether oxygens (including phenoxy) is 1. The number of nitrogens with zero attached hydrogens (tertiary/aromatic N) is 2. The maximum absolute atomic E-state index is 12.6. The van der Waals surface area contributed by atoms with Crippen LogP contribution in [-0.2, 0) is 4.74 Å². The molecule has 5 heteroatoms. The molecule has 1 amide bonds. The van der Waals surface area contributed by atoms with Gasteiger partial charge in [0.25, 0.3) is 5.91 Å². The number of carbonyl (C=O) groups is 1. The first-order chi connectivity index (χ1) is 10.6. The first-order valence-electron chi connectivity index (χ1n) is 7.24. The van der Waals surface area contributed by atoms with Crippen LogP contribution in [-0.4, -0.2) is 35.5 Å². The summed E-state index contributed by atoms with van der Waals surface area (Å²) in [7, 11) is 0. The molecule has 1 atom stereocenters. The lowest BCUT2D eigenvalue weighted by atomic mass is 10.1. The molecule has 1 aromatic carbocycles. The average Bonchev–Trinajstić information content (AvgIpc) is 2.55. The second-order valence-corrected chi connectivity index (χ2v) is 5.70. The van der Waals surface area contributed by atoms with Gasteiger partial charge in [0.05, 0.1) is 13.2 Å². The van der Waals surface area contributed by atoms with E-state index in [2.05, 4.69) is 4.98 Å². The van der Waals surface area contributed by atoms with Gasteiger partial charge < -0.3 is 9.64 Å². The molecule has 2 aromatic rings. The van der Waals surface area contributed by atoms with E-state index in [0.29, 0.717) is 30.4 Å². The zero-order valence-electron chi connectivity index (χ0n) is 12.3. The number of pyridine rings is 1. The molecular formula is C17H17ClN2O2. The molecule has 3 rings (SSSR count). The van der Waals surface area contributed by atoms with Crippen molar-refractivity contribution in [1.29, 1.82) is 0 Å². The number of aryl methyl sites for hydroxylation is 1. The Morgan fingerprint density at radius 1 is 1.27 bits per heavy atom. The average molecular weight is 317 g/mol. The highest BCUT2D eigenvalue weighted by Gasteiger charge is 2.27. The summed E-state index contributed by atoms with van der Waals surface area (Å²) in [6, 6.07) is 13.1. The number of benzene rings is 1. The Hall–Kier alpha value is -1.91. The number of hydrogen-bond donors (Lipinski definition) is 0. The highest BCUT2D eigenvalue weighted by molar-refractivity contribution is 6.31. The second-order valence-electron chi connectivity index (χ2n) is 5.30. The van der Waals surface area contributed by atoms with E-state index in [1.165, 1.54) is 0 Å². The zero-order valence-corrected chi connectivity index (χ0v) is 13.1. The minimum Gasteiger partial charge on any atom is -0.370 e. The molecule has 1 unspecified atom stereocenters. The maximum atomic E-state index is 12.6. The van der Waals surface area contributed by atoms with Crippen molar-refractivity contribution in [3.63, 3.8) is 0 Å². The Labute approximate surface area is 134 Å². The van der Waals surface area contributed by atoms with Crippen LogP contribution in [0.25, 0.3) is 0 Å². The lowest BCUT2D eigenvalue weighted by Crippen LogP contribution is -2.42. The van der Waals surface area contributed by atoms with Crippen LogP contribution in [0, 0.1) is 6.92 Å². The molecule has 1 saturated heterocycles. The van der Waals surface area contributed by atoms with Crippen molar-refractivity contribution in [3.8, 4) is 0 Å². The molecule has 0 aliphatic carbocycles. The number of halogens is 1. The second kappa shape index (κ2) is 6.46. The Kier molecular flexibility index (Phi) is 4.41. The van der Waals surface area contributed by atoms with Crippen molar-refractivity contribution >= 4 is 17.5 Å². The van der Waals surface area contributed by atoms with Crippen LogP contribution >= 0.6 is 11.6 Å². The van der Waals surface area contributed by atoms with E-state index in [9.17, 15) is 4.79 Å². The third-order valence-corrected chi connectivity index (χ3v) is 4.06. The van der Waals surface area contributed by atoms with Crippen LogP contribution in [0.1, 0.15) is 27.8 Å². The lowest BCUT2D eigenvalue weighted by molar-refractivity contribution is -0.0229. The summed E-state index contributed by atoms with van der Waals surface area (Å²) in [6.45, 7) is 3.42. The Morgan fingerprint density at radius 2 is 2.09 bits per heavy atom. The molecule has 22 heavy (non-hydrogen) atoms. The molecule has 2 heterocycles. The molecule has 0 bridgehead atoms. The van der Waals surface area contributed by atoms with Crippen LogP contribution in [0.4, 0.5) is 0 Å². The molecule has 0 radical (unpaired) electrons. The molecule has 1 aliphatic rings. The smallest absolute Gasteiger partial charge is 0.272 e. The van der Waals surface area contributed by atoms with Crippen molar-refractivity contribution in [3.05, 3.63) is 64.4 Å². The number of aromatic nitrogens is 1. The van der Waals surface area contributed by atoms with Gasteiger partial charge in [-0.2, -0.15) is 0 Å². The molecule has 1 aromatic heterocycles. The molecule has 4 nitrogen and oxygen atoms in total. The van der Waals surface area contributed by atoms with Gasteiger partial charge >= 0.3 is 0 Å². The minimum absolute atomic E-state index is 0.0657. The van der Waals surface area contributed by atoms with Gasteiger partial charge in [0.2, 0.25) is 0 Å². The summed E-state index contributed by atoms with van der Waals surface area (Å²) < 4.78 is 5.79. The quantitative estimate of drug-likeness (QED) is 0.854. The van der Waals surface area contributed by atoms with E-state index < -0.39 is 0 Å². The summed E-state index contributed by atoms with van der Waals surface area (Å²) >= 11 is 6.23. The van der Waals surface area contributed by atoms with Crippen LogP contribution in [0.3, 0.4) is 0 Å². The molecule has 0 N–H and O–H groups in total. The first-order valence-corrected chi connectivity index (χ1v) is 7.62. The summed E-state index contributed by atoms with van der Waals surface area (Å²) in [4.78, 5) is 18.7. The maximum Gasteiger partial charge on any atom is 0.272 e. The van der Waals surface area contributed by atoms with Crippen LogP contribution in [0.15, 0.2) is 42.5 Å². The topological polar surface area (TPSA) is 42.4 Å². The van der Waals surface area contributed by atoms with Crippen LogP contribution in [0.2, 0.25) is 5.02 Å². The Bertz CT molecular complexity index is 690. The summed E-state index contributed by atoms with van der Waals surface area (Å²) in [5.41, 5.74) is 2.22. The Morgan fingerprint density at radius 3 is 2.86 bits per heavy atom. The predicted octanol–water partition coefficient (Wildman–Crippen LogP) is 3.26. The molecule has 0 saturated carbocycles. The van der Waals surface area contributed by atoms with Gasteiger partial charge in [-0.1, -0.05) is 35.9 Å². The van der Waals surface area contributed by atoms with Crippen molar-refractivity contribution < 1.29 is 9.53 Å². The fourth-order valence-electron chi connectivity index (χ4n) is 2.58. The van der Waals surface area contributed by atoms with Gasteiger partial charge in [0.1, 0.15) is 11.8 Å². The van der Waals surface area contributed by atoms with Crippen molar-refractivity contribution in [2.75, 3.05) is 19.7 Å². The monoisotopic (exact) mass is 316 g/mol. The number of hydrogen-bond acceptors (Lipinski definition) is 3. The van der Waals surface area contributed by atoms with Gasteiger partial charge in [-0.3, -0.25) is 4.79 Å². The number of carbonyl (C=O) groups excluding carboxylic acids is 1. The zero-order chi connectivity index (χ0) is 15.5. The van der Waals surface area contributed by atoms with Gasteiger partial charge in [-0.25, -0.2) is 4.98 Å². The normalized spacial score (nSPS) is 18.3. The van der Waals surface area contributed by atoms with Gasteiger partial charge in [0.15, 0.2) is 0 Å². The third kappa shape index (κ3) is 3.13. The summed E-state index contributed by atoms with van der Waals surface area (Å²) in [5.74, 6) is -0.0657. The van der Waals surface area contributed by atoms with Crippen molar-refractivity contribution in [2.24, 2.45) is 0 Å². The number of amides is 1. The fourth-order valence-corrected chi connectivity index (χ4v) is 2.84. The summed E-state index contributed by atoms with van der Waals surface area (Å²) in [5, 5.41) is 0.662. The van der Waals surface area contributed by atoms with Crippen molar-refractivity contribution in [2.45, 2.75) is 13.0 Å². The molecular weight excluding hydrogens is 300 g/mol. The highest BCUT2D eigenvalue weighted by Crippen LogP contribution is 2.28. The van der Waals surface area contributed by atoms with Crippen LogP contribution in [0.5, 0.6) is 0 Å². The van der Waals surface area contributed by atoms with Crippen LogP contribution < -0.4 is 0 Å². The van der Waals surface area contributed by atoms with E-state index in [-0.39, 0.29) is 12.0 Å². The molecule has 114 valence electrons. The third-order valence-electron chi connectivity index (χ3n) is 3.71. The SMILES string of the molecule is Cc1cccc(C(=O)N2CCOC(c3ccccc3Cl)C2)n1. The first kappa shape index (κ1) is 15.0. The molecule has 1 aliphatic heterocycles. The van der Waals surface area contributed by atoms with E-state index in [1.807, 2.05) is 43.3 Å². The largest absolute Gasteiger partial charge is 0.370 e. The van der Waals surface area contributed by atoms with Gasteiger partial charge in [-0.15, -0.1) is 0 Å². The van der Waals surface area contributed by atoms with Gasteiger partial charge in [0, 0.05) is 22.8 Å². The van der Waals surface area contributed by atoms with E-state index in [1.54, 1.807) is 11.0 Å². The Balaban J connectivity index is 1.78. The van der Waals surface area contributed by atoms with E-state index >= 15 is 0 Å². The van der Waals surface area contributed by atoms with E-state index in [4.69, 9.17) is 16.3 Å².